The maximum atomic E-state index is 12.8. The number of hydrogen-bond donors (Lipinski definition) is 6. The summed E-state index contributed by atoms with van der Waals surface area (Å²) in [6.45, 7) is 3.31. The van der Waals surface area contributed by atoms with E-state index in [1.54, 1.807) is 0 Å². The van der Waals surface area contributed by atoms with Gasteiger partial charge >= 0.3 is 19.8 Å². The fourth-order valence-corrected chi connectivity index (χ4v) is 8.20. The summed E-state index contributed by atoms with van der Waals surface area (Å²) in [5, 5.41) is 50.1. The molecule has 1 aliphatic carbocycles. The molecule has 1 rings (SSSR count). The Balaban J connectivity index is 2.45. The van der Waals surface area contributed by atoms with E-state index in [9.17, 15) is 44.6 Å². The molecule has 6 atom stereocenters. The van der Waals surface area contributed by atoms with Gasteiger partial charge in [-0.1, -0.05) is 181 Å². The van der Waals surface area contributed by atoms with E-state index in [-0.39, 0.29) is 12.8 Å². The van der Waals surface area contributed by atoms with Crippen LogP contribution in [-0.2, 0) is 32.7 Å². The summed E-state index contributed by atoms with van der Waals surface area (Å²) in [6.07, 6.45) is 20.1. The van der Waals surface area contributed by atoms with Gasteiger partial charge in [-0.05, 0) is 12.8 Å². The molecule has 0 aliphatic heterocycles. The van der Waals surface area contributed by atoms with Crippen molar-refractivity contribution in [2.75, 3.05) is 13.2 Å². The lowest BCUT2D eigenvalue weighted by molar-refractivity contribution is -0.220. The SMILES string of the molecule is CCCCCCCCCCCCCCCCCC(=O)OC(COC(=O)CCCCCCCCCCCCCCC)COP(=O)(O)OC1C(O)C(O)C(O)C(O)C1O. The molecular weight excluding hydrogens is 755 g/mol. The Bertz CT molecular complexity index is 1020. The molecule has 1 aliphatic rings. The molecule has 0 radical (unpaired) electrons. The second kappa shape index (κ2) is 34.6. The summed E-state index contributed by atoms with van der Waals surface area (Å²) >= 11 is 0. The quantitative estimate of drug-likeness (QED) is 0.0196. The van der Waals surface area contributed by atoms with Crippen molar-refractivity contribution < 1.29 is 63.1 Å². The number of aliphatic hydroxyl groups is 5. The van der Waals surface area contributed by atoms with Crippen molar-refractivity contribution in [2.45, 2.75) is 249 Å². The molecule has 6 unspecified atom stereocenters. The first-order valence-corrected chi connectivity index (χ1v) is 24.3. The second-order valence-corrected chi connectivity index (χ2v) is 17.7. The number of hydrogen-bond acceptors (Lipinski definition) is 12. The maximum Gasteiger partial charge on any atom is 0.472 e. The molecule has 0 spiro atoms. The van der Waals surface area contributed by atoms with E-state index in [1.165, 1.54) is 128 Å². The average Bonchev–Trinajstić information content (AvgIpc) is 3.19. The number of phosphoric acid groups is 1. The van der Waals surface area contributed by atoms with Crippen molar-refractivity contribution in [3.05, 3.63) is 0 Å². The summed E-state index contributed by atoms with van der Waals surface area (Å²) in [5.74, 6) is -1.09. The zero-order chi connectivity index (χ0) is 42.2. The van der Waals surface area contributed by atoms with Crippen LogP contribution in [0.5, 0.6) is 0 Å². The monoisotopic (exact) mass is 839 g/mol. The van der Waals surface area contributed by atoms with Crippen molar-refractivity contribution in [1.82, 2.24) is 0 Å². The first-order valence-electron chi connectivity index (χ1n) is 22.8. The van der Waals surface area contributed by atoms with Crippen LogP contribution in [0.15, 0.2) is 0 Å². The van der Waals surface area contributed by atoms with Gasteiger partial charge in [-0.15, -0.1) is 0 Å². The first-order chi connectivity index (χ1) is 27.4. The molecule has 14 heteroatoms. The number of unbranched alkanes of at least 4 members (excludes halogenated alkanes) is 26. The van der Waals surface area contributed by atoms with Gasteiger partial charge in [0.1, 0.15) is 43.2 Å². The summed E-state index contributed by atoms with van der Waals surface area (Å²) in [4.78, 5) is 35.6. The third-order valence-electron chi connectivity index (χ3n) is 10.9. The number of phosphoric ester groups is 1. The molecule has 13 nitrogen and oxygen atoms in total. The van der Waals surface area contributed by atoms with Crippen LogP contribution in [0.3, 0.4) is 0 Å². The molecule has 0 aromatic rings. The van der Waals surface area contributed by atoms with Gasteiger partial charge in [0.25, 0.3) is 0 Å². The topological polar surface area (TPSA) is 210 Å². The molecule has 6 N–H and O–H groups in total. The van der Waals surface area contributed by atoms with Gasteiger partial charge in [-0.2, -0.15) is 0 Å². The molecule has 0 aromatic heterocycles. The molecule has 0 aromatic carbocycles. The molecule has 0 saturated heterocycles. The van der Waals surface area contributed by atoms with Crippen molar-refractivity contribution in [3.8, 4) is 0 Å². The maximum absolute atomic E-state index is 12.8. The lowest BCUT2D eigenvalue weighted by Gasteiger charge is -2.41. The van der Waals surface area contributed by atoms with E-state index in [2.05, 4.69) is 13.8 Å². The van der Waals surface area contributed by atoms with Gasteiger partial charge < -0.3 is 39.9 Å². The second-order valence-electron chi connectivity index (χ2n) is 16.3. The van der Waals surface area contributed by atoms with E-state index < -0.39 is 75.7 Å². The van der Waals surface area contributed by atoms with Crippen LogP contribution in [0, 0.1) is 0 Å². The van der Waals surface area contributed by atoms with Gasteiger partial charge in [0.2, 0.25) is 0 Å². The minimum Gasteiger partial charge on any atom is -0.462 e. The van der Waals surface area contributed by atoms with Crippen molar-refractivity contribution in [2.24, 2.45) is 0 Å². The van der Waals surface area contributed by atoms with Crippen molar-refractivity contribution in [1.29, 1.82) is 0 Å². The zero-order valence-electron chi connectivity index (χ0n) is 35.7. The predicted octanol–water partition coefficient (Wildman–Crippen LogP) is 8.50. The van der Waals surface area contributed by atoms with Crippen LogP contribution in [0.2, 0.25) is 0 Å². The summed E-state index contributed by atoms with van der Waals surface area (Å²) in [7, 11) is -5.11. The van der Waals surface area contributed by atoms with Crippen LogP contribution in [0.4, 0.5) is 0 Å². The van der Waals surface area contributed by atoms with Crippen LogP contribution in [0.25, 0.3) is 0 Å². The molecule has 57 heavy (non-hydrogen) atoms. The summed E-state index contributed by atoms with van der Waals surface area (Å²) in [6, 6.07) is 0. The lowest BCUT2D eigenvalue weighted by atomic mass is 9.85. The zero-order valence-corrected chi connectivity index (χ0v) is 36.6. The van der Waals surface area contributed by atoms with Crippen molar-refractivity contribution in [3.63, 3.8) is 0 Å². The molecule has 1 fully saturated rings. The largest absolute Gasteiger partial charge is 0.472 e. The molecule has 338 valence electrons. The van der Waals surface area contributed by atoms with E-state index in [4.69, 9.17) is 18.5 Å². The fourth-order valence-electron chi connectivity index (χ4n) is 7.23. The number of rotatable bonds is 38. The normalized spacial score (nSPS) is 22.6. The predicted molar refractivity (Wildman–Crippen MR) is 221 cm³/mol. The van der Waals surface area contributed by atoms with Crippen LogP contribution in [0.1, 0.15) is 206 Å². The number of esters is 2. The molecule has 0 bridgehead atoms. The Morgan fingerprint density at radius 1 is 0.474 bits per heavy atom. The number of carbonyl (C=O) groups excluding carboxylic acids is 2. The smallest absolute Gasteiger partial charge is 0.462 e. The minimum atomic E-state index is -5.11. The Hall–Kier alpha value is -1.15. The van der Waals surface area contributed by atoms with Gasteiger partial charge in [0.05, 0.1) is 6.61 Å². The van der Waals surface area contributed by atoms with Crippen LogP contribution >= 0.6 is 7.82 Å². The minimum absolute atomic E-state index is 0.105. The summed E-state index contributed by atoms with van der Waals surface area (Å²) in [5.41, 5.74) is 0. The highest BCUT2D eigenvalue weighted by atomic mass is 31.2. The van der Waals surface area contributed by atoms with Gasteiger partial charge in [0, 0.05) is 12.8 Å². The Kier molecular flexibility index (Phi) is 32.7. The van der Waals surface area contributed by atoms with Crippen LogP contribution < -0.4 is 0 Å². The third-order valence-corrected chi connectivity index (χ3v) is 11.9. The molecule has 1 saturated carbocycles. The summed E-state index contributed by atoms with van der Waals surface area (Å²) < 4.78 is 33.5. The Morgan fingerprint density at radius 2 is 0.789 bits per heavy atom. The average molecular weight is 839 g/mol. The number of aliphatic hydroxyl groups excluding tert-OH is 5. The third kappa shape index (κ3) is 27.3. The Labute approximate surface area is 344 Å². The highest BCUT2D eigenvalue weighted by Crippen LogP contribution is 2.47. The van der Waals surface area contributed by atoms with E-state index >= 15 is 0 Å². The van der Waals surface area contributed by atoms with Crippen molar-refractivity contribution >= 4 is 19.8 Å². The highest BCUT2D eigenvalue weighted by Gasteiger charge is 2.51. The lowest BCUT2D eigenvalue weighted by Crippen LogP contribution is -2.64. The van der Waals surface area contributed by atoms with Gasteiger partial charge in [-0.25, -0.2) is 4.57 Å². The molecule has 0 amide bonds. The standard InChI is InChI=1S/C43H83O13P/c1-3-5-7-9-11-13-15-17-18-20-22-24-26-28-30-32-37(45)55-35(34-54-57(51,52)56-43-41(49)39(47)38(46)40(48)42(43)50)33-53-36(44)31-29-27-25-23-21-19-16-14-12-10-8-6-4-2/h35,38-43,46-50H,3-34H2,1-2H3,(H,51,52). The van der Waals surface area contributed by atoms with Gasteiger partial charge in [-0.3, -0.25) is 18.6 Å². The molecule has 0 heterocycles. The van der Waals surface area contributed by atoms with E-state index in [0.717, 1.165) is 38.5 Å². The van der Waals surface area contributed by atoms with Gasteiger partial charge in [0.15, 0.2) is 6.10 Å². The van der Waals surface area contributed by atoms with E-state index in [1.807, 2.05) is 0 Å². The number of carbonyl (C=O) groups is 2. The molecular formula is C43H83O13P. The fraction of sp³-hybridized carbons (Fsp3) is 0.953. The first kappa shape index (κ1) is 53.9. The Morgan fingerprint density at radius 3 is 1.16 bits per heavy atom. The highest BCUT2D eigenvalue weighted by molar-refractivity contribution is 7.47. The van der Waals surface area contributed by atoms with E-state index in [0.29, 0.717) is 12.8 Å². The number of ether oxygens (including phenoxy) is 2. The van der Waals surface area contributed by atoms with Crippen LogP contribution in [-0.4, -0.2) is 98.3 Å².